The van der Waals surface area contributed by atoms with Crippen LogP contribution >= 0.6 is 0 Å². The third-order valence-corrected chi connectivity index (χ3v) is 3.57. The van der Waals surface area contributed by atoms with Gasteiger partial charge in [-0.3, -0.25) is 0 Å². The van der Waals surface area contributed by atoms with Gasteiger partial charge in [-0.05, 0) is 32.4 Å². The molecule has 1 N–H and O–H groups in total. The van der Waals surface area contributed by atoms with Crippen LogP contribution in [0.5, 0.6) is 0 Å². The molecule has 108 valence electrons. The number of nitrogens with one attached hydrogen (secondary N) is 1. The molecule has 1 rings (SSSR count). The van der Waals surface area contributed by atoms with Crippen molar-refractivity contribution in [1.29, 1.82) is 10.5 Å². The second kappa shape index (κ2) is 13.2. The van der Waals surface area contributed by atoms with Crippen LogP contribution in [0.15, 0.2) is 0 Å². The lowest BCUT2D eigenvalue weighted by atomic mass is 10.00. The van der Waals surface area contributed by atoms with Crippen molar-refractivity contribution in [2.45, 2.75) is 58.3 Å². The Morgan fingerprint density at radius 2 is 1.74 bits per heavy atom. The lowest BCUT2D eigenvalue weighted by Crippen LogP contribution is -2.13. The molecule has 1 unspecified atom stereocenters. The molecule has 1 heterocycles. The Hall–Kier alpha value is -1.26. The molecule has 1 aliphatic heterocycles. The van der Waals surface area contributed by atoms with Crippen LogP contribution in [-0.4, -0.2) is 25.0 Å². The first-order chi connectivity index (χ1) is 9.24. The van der Waals surface area contributed by atoms with Gasteiger partial charge in [0.2, 0.25) is 0 Å². The van der Waals surface area contributed by atoms with Gasteiger partial charge in [0.05, 0.1) is 0 Å². The fraction of sp³-hybridized carbons (Fsp3) is 0.867. The average molecular weight is 264 g/mol. The Morgan fingerprint density at radius 1 is 1.11 bits per heavy atom. The third-order valence-electron chi connectivity index (χ3n) is 3.57. The molecular weight excluding hydrogens is 236 g/mol. The van der Waals surface area contributed by atoms with Gasteiger partial charge in [0.1, 0.15) is 0 Å². The summed E-state index contributed by atoms with van der Waals surface area (Å²) >= 11 is 0. The first kappa shape index (κ1) is 17.7. The van der Waals surface area contributed by atoms with Gasteiger partial charge in [-0.25, -0.2) is 5.32 Å². The highest BCUT2D eigenvalue weighted by atomic mass is 15.1. The summed E-state index contributed by atoms with van der Waals surface area (Å²) in [6.07, 6.45) is 14.4. The highest BCUT2D eigenvalue weighted by Crippen LogP contribution is 2.21. The zero-order chi connectivity index (χ0) is 14.3. The zero-order valence-electron chi connectivity index (χ0n) is 12.5. The molecule has 0 aromatic heterocycles. The van der Waals surface area contributed by atoms with E-state index >= 15 is 0 Å². The molecule has 1 fully saturated rings. The Kier molecular flexibility index (Phi) is 12.3. The van der Waals surface area contributed by atoms with E-state index in [0.717, 1.165) is 5.92 Å². The van der Waals surface area contributed by atoms with E-state index in [1.165, 1.54) is 76.8 Å². The van der Waals surface area contributed by atoms with E-state index < -0.39 is 0 Å². The van der Waals surface area contributed by atoms with E-state index in [1.54, 1.807) is 5.32 Å². The van der Waals surface area contributed by atoms with E-state index in [-0.39, 0.29) is 0 Å². The summed E-state index contributed by atoms with van der Waals surface area (Å²) in [5, 5.41) is 16.7. The lowest BCUT2D eigenvalue weighted by Gasteiger charge is -2.09. The third kappa shape index (κ3) is 11.6. The second-order valence-corrected chi connectivity index (χ2v) is 5.32. The predicted octanol–water partition coefficient (Wildman–Crippen LogP) is 3.23. The van der Waals surface area contributed by atoms with Crippen LogP contribution in [-0.2, 0) is 0 Å². The van der Waals surface area contributed by atoms with Crippen molar-refractivity contribution in [3.8, 4) is 12.4 Å². The Labute approximate surface area is 118 Å². The van der Waals surface area contributed by atoms with Crippen molar-refractivity contribution in [2.24, 2.45) is 5.92 Å². The molecule has 0 saturated carbocycles. The molecule has 0 radical (unpaired) electrons. The molecule has 1 aliphatic rings. The topological polar surface area (TPSA) is 62.9 Å². The van der Waals surface area contributed by atoms with Crippen LogP contribution in [0.1, 0.15) is 58.3 Å². The maximum Gasteiger partial charge on any atom is 0.190 e. The van der Waals surface area contributed by atoms with Crippen molar-refractivity contribution in [3.05, 3.63) is 0 Å². The summed E-state index contributed by atoms with van der Waals surface area (Å²) in [7, 11) is 2.25. The molecule has 0 aromatic carbocycles. The van der Waals surface area contributed by atoms with Crippen LogP contribution in [0.2, 0.25) is 0 Å². The van der Waals surface area contributed by atoms with E-state index in [2.05, 4.69) is 18.9 Å². The standard InChI is InChI=1S/C13H27N.C2HN3/c1-3-4-5-6-7-8-9-13-10-11-14(2)12-13;3-1-5-2-4/h13H,3-12H2,1-2H3;5H. The molecule has 19 heavy (non-hydrogen) atoms. The van der Waals surface area contributed by atoms with E-state index in [9.17, 15) is 0 Å². The lowest BCUT2D eigenvalue weighted by molar-refractivity contribution is 0.382. The number of likely N-dealkylation sites (tertiary alicyclic amines) is 1. The van der Waals surface area contributed by atoms with Gasteiger partial charge < -0.3 is 4.90 Å². The molecule has 0 aromatic rings. The number of rotatable bonds is 7. The normalized spacial score (nSPS) is 18.0. The van der Waals surface area contributed by atoms with E-state index in [1.807, 2.05) is 0 Å². The largest absolute Gasteiger partial charge is 0.306 e. The number of nitrogens with zero attached hydrogens (tertiary/aromatic N) is 3. The predicted molar refractivity (Wildman–Crippen MR) is 78.0 cm³/mol. The quantitative estimate of drug-likeness (QED) is 0.435. The molecular formula is C15H28N4. The molecule has 0 bridgehead atoms. The van der Waals surface area contributed by atoms with Crippen molar-refractivity contribution >= 4 is 0 Å². The summed E-state index contributed by atoms with van der Waals surface area (Å²) in [5.74, 6) is 1.02. The molecule has 0 aliphatic carbocycles. The first-order valence-corrected chi connectivity index (χ1v) is 7.46. The molecule has 4 nitrogen and oxygen atoms in total. The van der Waals surface area contributed by atoms with Crippen LogP contribution in [0.25, 0.3) is 0 Å². The smallest absolute Gasteiger partial charge is 0.190 e. The summed E-state index contributed by atoms with van der Waals surface area (Å²) in [4.78, 5) is 2.47. The maximum atomic E-state index is 7.48. The minimum atomic E-state index is 1.02. The van der Waals surface area contributed by atoms with Gasteiger partial charge >= 0.3 is 0 Å². The SMILES string of the molecule is CCCCCCCCC1CCN(C)C1.N#CNC#N. The van der Waals surface area contributed by atoms with Gasteiger partial charge in [0, 0.05) is 6.54 Å². The van der Waals surface area contributed by atoms with E-state index in [4.69, 9.17) is 10.5 Å². The molecule has 0 spiro atoms. The van der Waals surface area contributed by atoms with Crippen molar-refractivity contribution < 1.29 is 0 Å². The zero-order valence-corrected chi connectivity index (χ0v) is 12.5. The van der Waals surface area contributed by atoms with Gasteiger partial charge in [-0.2, -0.15) is 10.5 Å². The summed E-state index contributed by atoms with van der Waals surface area (Å²) in [6.45, 7) is 4.98. The number of unbranched alkanes of at least 4 members (excludes halogenated alkanes) is 5. The van der Waals surface area contributed by atoms with Crippen molar-refractivity contribution in [2.75, 3.05) is 20.1 Å². The number of hydrogen-bond donors (Lipinski definition) is 1. The van der Waals surface area contributed by atoms with Crippen LogP contribution < -0.4 is 5.32 Å². The second-order valence-electron chi connectivity index (χ2n) is 5.32. The highest BCUT2D eigenvalue weighted by Gasteiger charge is 2.18. The summed E-state index contributed by atoms with van der Waals surface area (Å²) in [5.41, 5.74) is 0. The van der Waals surface area contributed by atoms with Gasteiger partial charge in [-0.15, -0.1) is 0 Å². The monoisotopic (exact) mass is 264 g/mol. The Balaban J connectivity index is 0.000000555. The summed E-state index contributed by atoms with van der Waals surface area (Å²) < 4.78 is 0. The molecule has 1 atom stereocenters. The van der Waals surface area contributed by atoms with Gasteiger partial charge in [-0.1, -0.05) is 45.4 Å². The van der Waals surface area contributed by atoms with Crippen molar-refractivity contribution in [1.82, 2.24) is 10.2 Å². The first-order valence-electron chi connectivity index (χ1n) is 7.46. The number of hydrogen-bond acceptors (Lipinski definition) is 4. The average Bonchev–Trinajstić information content (AvgIpc) is 2.81. The van der Waals surface area contributed by atoms with Gasteiger partial charge in [0.25, 0.3) is 0 Å². The molecule has 4 heteroatoms. The van der Waals surface area contributed by atoms with Crippen molar-refractivity contribution in [3.63, 3.8) is 0 Å². The van der Waals surface area contributed by atoms with Crippen LogP contribution in [0.4, 0.5) is 0 Å². The Bertz CT molecular complexity index is 265. The minimum absolute atomic E-state index is 1.02. The number of nitriles is 2. The molecule has 0 amide bonds. The highest BCUT2D eigenvalue weighted by molar-refractivity contribution is 4.77. The molecule has 1 saturated heterocycles. The fourth-order valence-electron chi connectivity index (χ4n) is 2.50. The summed E-state index contributed by atoms with van der Waals surface area (Å²) in [6, 6.07) is 0. The van der Waals surface area contributed by atoms with Gasteiger partial charge in [0.15, 0.2) is 12.4 Å². The Morgan fingerprint density at radius 3 is 2.21 bits per heavy atom. The van der Waals surface area contributed by atoms with Crippen LogP contribution in [0, 0.1) is 28.8 Å². The van der Waals surface area contributed by atoms with Crippen LogP contribution in [0.3, 0.4) is 0 Å². The fourth-order valence-corrected chi connectivity index (χ4v) is 2.50. The van der Waals surface area contributed by atoms with E-state index in [0.29, 0.717) is 0 Å². The minimum Gasteiger partial charge on any atom is -0.306 e. The maximum absolute atomic E-state index is 7.48.